The predicted molar refractivity (Wildman–Crippen MR) is 73.0 cm³/mol. The van der Waals surface area contributed by atoms with E-state index in [0.717, 1.165) is 12.0 Å². The van der Waals surface area contributed by atoms with Crippen molar-refractivity contribution in [2.24, 2.45) is 0 Å². The first kappa shape index (κ1) is 15.0. The van der Waals surface area contributed by atoms with Crippen LogP contribution in [0, 0.1) is 0 Å². The molecule has 0 aliphatic carbocycles. The van der Waals surface area contributed by atoms with E-state index in [4.69, 9.17) is 5.11 Å². The molecule has 19 heavy (non-hydrogen) atoms. The van der Waals surface area contributed by atoms with Crippen molar-refractivity contribution < 1.29 is 14.7 Å². The number of nitrogens with one attached hydrogen (secondary N) is 2. The average molecular weight is 264 g/mol. The Morgan fingerprint density at radius 3 is 2.37 bits per heavy atom. The van der Waals surface area contributed by atoms with Crippen LogP contribution >= 0.6 is 0 Å². The van der Waals surface area contributed by atoms with Crippen LogP contribution in [0.3, 0.4) is 0 Å². The molecule has 0 aliphatic heterocycles. The van der Waals surface area contributed by atoms with Crippen LogP contribution in [-0.4, -0.2) is 29.2 Å². The maximum Gasteiger partial charge on any atom is 0.326 e. The zero-order valence-corrected chi connectivity index (χ0v) is 11.2. The van der Waals surface area contributed by atoms with Gasteiger partial charge in [0, 0.05) is 12.5 Å². The fourth-order valence-corrected chi connectivity index (χ4v) is 1.58. The molecule has 0 saturated heterocycles. The molecule has 0 aliphatic rings. The fourth-order valence-electron chi connectivity index (χ4n) is 1.58. The molecule has 5 heteroatoms. The number of carbonyl (C=O) groups excluding carboxylic acids is 1. The first-order valence-corrected chi connectivity index (χ1v) is 6.36. The van der Waals surface area contributed by atoms with Crippen molar-refractivity contribution in [3.8, 4) is 0 Å². The second-order valence-corrected chi connectivity index (χ2v) is 4.51. The summed E-state index contributed by atoms with van der Waals surface area (Å²) in [6.07, 6.45) is 1.06. The van der Waals surface area contributed by atoms with Crippen molar-refractivity contribution in [1.29, 1.82) is 0 Å². The molecular formula is C14H20N2O3. The van der Waals surface area contributed by atoms with E-state index < -0.39 is 18.0 Å². The zero-order valence-electron chi connectivity index (χ0n) is 11.2. The number of amides is 2. The second kappa shape index (κ2) is 7.41. The number of carboxylic acid groups (broad SMARTS) is 1. The SMILES string of the molecule is CC[C@H](C)NC(=O)N[C@@H](Cc1ccccc1)C(=O)O. The highest BCUT2D eigenvalue weighted by atomic mass is 16.4. The van der Waals surface area contributed by atoms with Gasteiger partial charge in [0.2, 0.25) is 0 Å². The highest BCUT2D eigenvalue weighted by Crippen LogP contribution is 2.03. The summed E-state index contributed by atoms with van der Waals surface area (Å²) < 4.78 is 0. The molecule has 2 amide bonds. The summed E-state index contributed by atoms with van der Waals surface area (Å²) in [6, 6.07) is 7.87. The molecule has 0 radical (unpaired) electrons. The van der Waals surface area contributed by atoms with Crippen LogP contribution in [0.2, 0.25) is 0 Å². The maximum atomic E-state index is 11.6. The molecule has 1 aromatic rings. The molecule has 1 aromatic carbocycles. The van der Waals surface area contributed by atoms with Crippen molar-refractivity contribution in [2.45, 2.75) is 38.8 Å². The monoisotopic (exact) mass is 264 g/mol. The molecule has 0 fully saturated rings. The molecule has 0 heterocycles. The Balaban J connectivity index is 2.59. The largest absolute Gasteiger partial charge is 0.480 e. The molecule has 0 saturated carbocycles. The summed E-state index contributed by atoms with van der Waals surface area (Å²) in [5.74, 6) is -1.04. The summed E-state index contributed by atoms with van der Waals surface area (Å²) in [4.78, 5) is 22.8. The van der Waals surface area contributed by atoms with Gasteiger partial charge in [-0.3, -0.25) is 0 Å². The van der Waals surface area contributed by atoms with Gasteiger partial charge in [-0.05, 0) is 18.9 Å². The Labute approximate surface area is 113 Å². The minimum Gasteiger partial charge on any atom is -0.480 e. The standard InChI is InChI=1S/C14H20N2O3/c1-3-10(2)15-14(19)16-12(13(17)18)9-11-7-5-4-6-8-11/h4-8,10,12H,3,9H2,1-2H3,(H,17,18)(H2,15,16,19)/t10-,12-/m0/s1. The van der Waals surface area contributed by atoms with Gasteiger partial charge in [0.15, 0.2) is 0 Å². The van der Waals surface area contributed by atoms with Gasteiger partial charge in [-0.15, -0.1) is 0 Å². The summed E-state index contributed by atoms with van der Waals surface area (Å²) >= 11 is 0. The molecule has 0 bridgehead atoms. The first-order chi connectivity index (χ1) is 9.02. The molecule has 3 N–H and O–H groups in total. The van der Waals surface area contributed by atoms with Gasteiger partial charge in [-0.1, -0.05) is 37.3 Å². The van der Waals surface area contributed by atoms with Crippen molar-refractivity contribution >= 4 is 12.0 Å². The van der Waals surface area contributed by atoms with Gasteiger partial charge >= 0.3 is 12.0 Å². The van der Waals surface area contributed by atoms with Crippen LogP contribution in [0.25, 0.3) is 0 Å². The molecule has 2 atom stereocenters. The smallest absolute Gasteiger partial charge is 0.326 e. The van der Waals surface area contributed by atoms with E-state index in [0.29, 0.717) is 0 Å². The maximum absolute atomic E-state index is 11.6. The second-order valence-electron chi connectivity index (χ2n) is 4.51. The van der Waals surface area contributed by atoms with Gasteiger partial charge in [-0.25, -0.2) is 9.59 Å². The Hall–Kier alpha value is -2.04. The fraction of sp³-hybridized carbons (Fsp3) is 0.429. The van der Waals surface area contributed by atoms with E-state index in [1.807, 2.05) is 44.2 Å². The molecule has 1 rings (SSSR count). The Kier molecular flexibility index (Phi) is 5.85. The number of carbonyl (C=O) groups is 2. The lowest BCUT2D eigenvalue weighted by Gasteiger charge is -2.17. The number of benzene rings is 1. The number of carboxylic acids is 1. The van der Waals surface area contributed by atoms with E-state index >= 15 is 0 Å². The third-order valence-electron chi connectivity index (χ3n) is 2.88. The number of aliphatic carboxylic acids is 1. The van der Waals surface area contributed by atoms with Gasteiger partial charge in [-0.2, -0.15) is 0 Å². The third kappa shape index (κ3) is 5.42. The van der Waals surface area contributed by atoms with Crippen molar-refractivity contribution in [1.82, 2.24) is 10.6 Å². The van der Waals surface area contributed by atoms with Gasteiger partial charge in [0.05, 0.1) is 0 Å². The zero-order chi connectivity index (χ0) is 14.3. The Morgan fingerprint density at radius 2 is 1.84 bits per heavy atom. The van der Waals surface area contributed by atoms with Gasteiger partial charge in [0.25, 0.3) is 0 Å². The lowest BCUT2D eigenvalue weighted by atomic mass is 10.1. The van der Waals surface area contributed by atoms with Crippen LogP contribution < -0.4 is 10.6 Å². The normalized spacial score (nSPS) is 13.4. The predicted octanol–water partition coefficient (Wildman–Crippen LogP) is 1.78. The highest BCUT2D eigenvalue weighted by molar-refractivity contribution is 5.82. The van der Waals surface area contributed by atoms with Crippen LogP contribution in [0.4, 0.5) is 4.79 Å². The van der Waals surface area contributed by atoms with E-state index in [-0.39, 0.29) is 12.5 Å². The topological polar surface area (TPSA) is 78.4 Å². The number of hydrogen-bond donors (Lipinski definition) is 3. The molecule has 0 spiro atoms. The molecule has 104 valence electrons. The number of urea groups is 1. The van der Waals surface area contributed by atoms with Crippen LogP contribution in [0.15, 0.2) is 30.3 Å². The van der Waals surface area contributed by atoms with E-state index in [1.54, 1.807) is 0 Å². The lowest BCUT2D eigenvalue weighted by Crippen LogP contribution is -2.49. The molecule has 0 aromatic heterocycles. The van der Waals surface area contributed by atoms with Crippen LogP contribution in [-0.2, 0) is 11.2 Å². The molecule has 5 nitrogen and oxygen atoms in total. The van der Waals surface area contributed by atoms with Crippen LogP contribution in [0.1, 0.15) is 25.8 Å². The summed E-state index contributed by atoms with van der Waals surface area (Å²) in [5.41, 5.74) is 0.874. The minimum absolute atomic E-state index is 0.0196. The number of hydrogen-bond acceptors (Lipinski definition) is 2. The summed E-state index contributed by atoms with van der Waals surface area (Å²) in [7, 11) is 0. The Bertz CT molecular complexity index is 420. The minimum atomic E-state index is -1.04. The van der Waals surface area contributed by atoms with Gasteiger partial charge in [0.1, 0.15) is 6.04 Å². The quantitative estimate of drug-likeness (QED) is 0.733. The first-order valence-electron chi connectivity index (χ1n) is 6.36. The van der Waals surface area contributed by atoms with Crippen molar-refractivity contribution in [3.63, 3.8) is 0 Å². The van der Waals surface area contributed by atoms with E-state index in [9.17, 15) is 9.59 Å². The molecular weight excluding hydrogens is 244 g/mol. The van der Waals surface area contributed by atoms with Gasteiger partial charge < -0.3 is 15.7 Å². The highest BCUT2D eigenvalue weighted by Gasteiger charge is 2.20. The summed E-state index contributed by atoms with van der Waals surface area (Å²) in [6.45, 7) is 3.82. The summed E-state index contributed by atoms with van der Waals surface area (Å²) in [5, 5.41) is 14.3. The average Bonchev–Trinajstić information content (AvgIpc) is 2.38. The Morgan fingerprint density at radius 1 is 1.21 bits per heavy atom. The van der Waals surface area contributed by atoms with Crippen molar-refractivity contribution in [2.75, 3.05) is 0 Å². The number of rotatable bonds is 6. The van der Waals surface area contributed by atoms with E-state index in [2.05, 4.69) is 10.6 Å². The van der Waals surface area contributed by atoms with E-state index in [1.165, 1.54) is 0 Å². The third-order valence-corrected chi connectivity index (χ3v) is 2.88. The molecule has 0 unspecified atom stereocenters. The van der Waals surface area contributed by atoms with Crippen molar-refractivity contribution in [3.05, 3.63) is 35.9 Å². The van der Waals surface area contributed by atoms with Crippen LogP contribution in [0.5, 0.6) is 0 Å². The lowest BCUT2D eigenvalue weighted by molar-refractivity contribution is -0.139.